The molecule has 0 aliphatic heterocycles. The van der Waals surface area contributed by atoms with Crippen molar-refractivity contribution >= 4 is 11.6 Å². The van der Waals surface area contributed by atoms with Gasteiger partial charge in [-0.3, -0.25) is 9.69 Å². The molecule has 7 heteroatoms. The number of amides is 1. The number of carbonyl (C=O) groups excluding carboxylic acids is 1. The van der Waals surface area contributed by atoms with E-state index in [4.69, 9.17) is 5.11 Å². The molecule has 1 aromatic carbocycles. The Morgan fingerprint density at radius 1 is 1.29 bits per heavy atom. The first-order valence-electron chi connectivity index (χ1n) is 6.65. The summed E-state index contributed by atoms with van der Waals surface area (Å²) < 4.78 is 39.3. The molecule has 1 amide bonds. The largest absolute Gasteiger partial charge is 0.396 e. The van der Waals surface area contributed by atoms with Gasteiger partial charge in [-0.1, -0.05) is 0 Å². The Bertz CT molecular complexity index is 495. The molecule has 0 fully saturated rings. The molecule has 0 bridgehead atoms. The molecular weight excluding hydrogens is 285 g/mol. The molecule has 0 heterocycles. The van der Waals surface area contributed by atoms with E-state index >= 15 is 0 Å². The summed E-state index contributed by atoms with van der Waals surface area (Å²) in [6.45, 7) is 4.23. The van der Waals surface area contributed by atoms with Gasteiger partial charge in [0.15, 0.2) is 17.5 Å². The fraction of sp³-hybridized carbons (Fsp3) is 0.500. The Kier molecular flexibility index (Phi) is 6.64. The molecule has 0 radical (unpaired) electrons. The van der Waals surface area contributed by atoms with Crippen LogP contribution in [0.25, 0.3) is 0 Å². The van der Waals surface area contributed by atoms with E-state index in [1.807, 2.05) is 13.8 Å². The number of nitrogens with zero attached hydrogens (tertiary/aromatic N) is 1. The van der Waals surface area contributed by atoms with Gasteiger partial charge >= 0.3 is 0 Å². The minimum absolute atomic E-state index is 0.00262. The Hall–Kier alpha value is -1.60. The predicted molar refractivity (Wildman–Crippen MR) is 73.4 cm³/mol. The van der Waals surface area contributed by atoms with Gasteiger partial charge in [0.1, 0.15) is 0 Å². The first-order chi connectivity index (χ1) is 9.86. The highest BCUT2D eigenvalue weighted by atomic mass is 19.2. The molecule has 0 saturated heterocycles. The maximum absolute atomic E-state index is 13.4. The van der Waals surface area contributed by atoms with Gasteiger partial charge in [-0.2, -0.15) is 0 Å². The summed E-state index contributed by atoms with van der Waals surface area (Å²) in [6.07, 6.45) is 0.505. The summed E-state index contributed by atoms with van der Waals surface area (Å²) in [5.41, 5.74) is -0.398. The molecule has 0 spiro atoms. The summed E-state index contributed by atoms with van der Waals surface area (Å²) in [5.74, 6) is -4.88. The second-order valence-electron chi connectivity index (χ2n) is 4.91. The van der Waals surface area contributed by atoms with Crippen LogP contribution in [0.15, 0.2) is 12.1 Å². The van der Waals surface area contributed by atoms with Crippen LogP contribution >= 0.6 is 0 Å². The lowest BCUT2D eigenvalue weighted by atomic mass is 10.2. The summed E-state index contributed by atoms with van der Waals surface area (Å²) in [5, 5.41) is 11.0. The number of carbonyl (C=O) groups is 1. The third kappa shape index (κ3) is 5.02. The van der Waals surface area contributed by atoms with Crippen molar-refractivity contribution in [1.29, 1.82) is 0 Å². The average molecular weight is 304 g/mol. The molecular formula is C14H19F3N2O2. The van der Waals surface area contributed by atoms with Crippen molar-refractivity contribution in [1.82, 2.24) is 4.90 Å². The van der Waals surface area contributed by atoms with Crippen molar-refractivity contribution in [2.75, 3.05) is 25.0 Å². The van der Waals surface area contributed by atoms with E-state index in [1.165, 1.54) is 0 Å². The monoisotopic (exact) mass is 304 g/mol. The van der Waals surface area contributed by atoms with Gasteiger partial charge in [0.25, 0.3) is 0 Å². The molecule has 118 valence electrons. The first kappa shape index (κ1) is 17.5. The first-order valence-corrected chi connectivity index (χ1v) is 6.65. The van der Waals surface area contributed by atoms with Gasteiger partial charge in [0.2, 0.25) is 5.91 Å². The van der Waals surface area contributed by atoms with Crippen LogP contribution in [-0.4, -0.2) is 41.7 Å². The van der Waals surface area contributed by atoms with E-state index < -0.39 is 29.0 Å². The van der Waals surface area contributed by atoms with Crippen molar-refractivity contribution in [3.8, 4) is 0 Å². The number of nitrogens with one attached hydrogen (secondary N) is 1. The van der Waals surface area contributed by atoms with Crippen LogP contribution in [0.1, 0.15) is 20.3 Å². The lowest BCUT2D eigenvalue weighted by molar-refractivity contribution is -0.117. The molecule has 2 N–H and O–H groups in total. The average Bonchev–Trinajstić information content (AvgIpc) is 2.43. The molecule has 1 rings (SSSR count). The van der Waals surface area contributed by atoms with Crippen molar-refractivity contribution in [3.05, 3.63) is 29.6 Å². The van der Waals surface area contributed by atoms with Crippen molar-refractivity contribution in [2.45, 2.75) is 26.3 Å². The molecule has 0 unspecified atom stereocenters. The number of halogens is 3. The number of aliphatic hydroxyl groups excluding tert-OH is 1. The second kappa shape index (κ2) is 7.99. The number of aliphatic hydroxyl groups is 1. The smallest absolute Gasteiger partial charge is 0.238 e. The topological polar surface area (TPSA) is 52.6 Å². The second-order valence-corrected chi connectivity index (χ2v) is 4.91. The van der Waals surface area contributed by atoms with Gasteiger partial charge in [-0.25, -0.2) is 13.2 Å². The fourth-order valence-electron chi connectivity index (χ4n) is 1.79. The standard InChI is InChI=1S/C14H19F3N2O2/c1-9(2)19(6-3-7-20)8-12(21)18-11-5-4-10(15)13(16)14(11)17/h4-5,9,20H,3,6-8H2,1-2H3,(H,18,21). The predicted octanol–water partition coefficient (Wildman–Crippen LogP) is 2.14. The number of hydrogen-bond acceptors (Lipinski definition) is 3. The third-order valence-electron chi connectivity index (χ3n) is 2.99. The van der Waals surface area contributed by atoms with Gasteiger partial charge in [-0.15, -0.1) is 0 Å². The maximum atomic E-state index is 13.4. The highest BCUT2D eigenvalue weighted by Crippen LogP contribution is 2.19. The van der Waals surface area contributed by atoms with E-state index in [2.05, 4.69) is 5.32 Å². The van der Waals surface area contributed by atoms with Gasteiger partial charge in [0.05, 0.1) is 12.2 Å². The Labute approximate surface area is 121 Å². The number of anilines is 1. The van der Waals surface area contributed by atoms with E-state index in [9.17, 15) is 18.0 Å². The van der Waals surface area contributed by atoms with Gasteiger partial charge < -0.3 is 10.4 Å². The van der Waals surface area contributed by atoms with Crippen LogP contribution in [-0.2, 0) is 4.79 Å². The van der Waals surface area contributed by atoms with E-state index in [1.54, 1.807) is 4.90 Å². The molecule has 0 aliphatic rings. The van der Waals surface area contributed by atoms with Crippen LogP contribution in [0, 0.1) is 17.5 Å². The van der Waals surface area contributed by atoms with E-state index in [-0.39, 0.29) is 19.2 Å². The quantitative estimate of drug-likeness (QED) is 0.759. The third-order valence-corrected chi connectivity index (χ3v) is 2.99. The SMILES string of the molecule is CC(C)N(CCCO)CC(=O)Nc1ccc(F)c(F)c1F. The Morgan fingerprint density at radius 3 is 2.52 bits per heavy atom. The van der Waals surface area contributed by atoms with E-state index in [0.29, 0.717) is 13.0 Å². The summed E-state index contributed by atoms with van der Waals surface area (Å²) in [4.78, 5) is 13.6. The Balaban J connectivity index is 2.70. The van der Waals surface area contributed by atoms with Crippen LogP contribution in [0.5, 0.6) is 0 Å². The minimum Gasteiger partial charge on any atom is -0.396 e. The maximum Gasteiger partial charge on any atom is 0.238 e. The van der Waals surface area contributed by atoms with Crippen LogP contribution in [0.2, 0.25) is 0 Å². The molecule has 1 aromatic rings. The molecule has 4 nitrogen and oxygen atoms in total. The van der Waals surface area contributed by atoms with Crippen LogP contribution in [0.4, 0.5) is 18.9 Å². The van der Waals surface area contributed by atoms with Gasteiger partial charge in [-0.05, 0) is 32.4 Å². The zero-order valence-corrected chi connectivity index (χ0v) is 12.0. The zero-order valence-electron chi connectivity index (χ0n) is 12.0. The summed E-state index contributed by atoms with van der Waals surface area (Å²) >= 11 is 0. The van der Waals surface area contributed by atoms with Crippen LogP contribution in [0.3, 0.4) is 0 Å². The van der Waals surface area contributed by atoms with Gasteiger partial charge in [0, 0.05) is 19.2 Å². The molecule has 21 heavy (non-hydrogen) atoms. The van der Waals surface area contributed by atoms with E-state index in [0.717, 1.165) is 12.1 Å². The number of benzene rings is 1. The fourth-order valence-corrected chi connectivity index (χ4v) is 1.79. The lowest BCUT2D eigenvalue weighted by Gasteiger charge is -2.25. The highest BCUT2D eigenvalue weighted by molar-refractivity contribution is 5.92. The number of rotatable bonds is 7. The molecule has 0 saturated carbocycles. The lowest BCUT2D eigenvalue weighted by Crippen LogP contribution is -2.39. The zero-order chi connectivity index (χ0) is 16.0. The molecule has 0 aliphatic carbocycles. The normalized spacial score (nSPS) is 11.2. The molecule has 0 aromatic heterocycles. The van der Waals surface area contributed by atoms with Crippen molar-refractivity contribution in [3.63, 3.8) is 0 Å². The highest BCUT2D eigenvalue weighted by Gasteiger charge is 2.18. The Morgan fingerprint density at radius 2 is 1.95 bits per heavy atom. The number of hydrogen-bond donors (Lipinski definition) is 2. The van der Waals surface area contributed by atoms with Crippen LogP contribution < -0.4 is 5.32 Å². The minimum atomic E-state index is -1.62. The van der Waals surface area contributed by atoms with Crippen molar-refractivity contribution < 1.29 is 23.1 Å². The molecule has 0 atom stereocenters. The van der Waals surface area contributed by atoms with Crippen molar-refractivity contribution in [2.24, 2.45) is 0 Å². The summed E-state index contributed by atoms with van der Waals surface area (Å²) in [7, 11) is 0. The summed E-state index contributed by atoms with van der Waals surface area (Å²) in [6, 6.07) is 1.77.